The molecule has 0 saturated carbocycles. The molecule has 2 heterocycles. The summed E-state index contributed by atoms with van der Waals surface area (Å²) in [6.07, 6.45) is 3.88. The maximum absolute atomic E-state index is 13.1. The van der Waals surface area contributed by atoms with Crippen molar-refractivity contribution in [3.8, 4) is 22.3 Å². The van der Waals surface area contributed by atoms with Crippen LogP contribution in [0.15, 0.2) is 55.2 Å². The monoisotopic (exact) mass is 628 g/mol. The number of nitrogens with zero attached hydrogens (tertiary/aromatic N) is 2. The summed E-state index contributed by atoms with van der Waals surface area (Å²) >= 11 is 0. The van der Waals surface area contributed by atoms with Crippen molar-refractivity contribution in [3.63, 3.8) is 0 Å². The summed E-state index contributed by atoms with van der Waals surface area (Å²) < 4.78 is 68.1. The SMILES string of the molecule is Cc1ccc(-c2c(C)noc2C)cc1S(=O)(=O)NCCCCCCCNS(=O)(=O)c1cc(-c2c(C)noc2C)ccc1C. The summed E-state index contributed by atoms with van der Waals surface area (Å²) in [7, 11) is -7.37. The molecule has 0 atom stereocenters. The molecule has 2 N–H and O–H groups in total. The Balaban J connectivity index is 1.22. The van der Waals surface area contributed by atoms with Crippen molar-refractivity contribution in [1.82, 2.24) is 19.8 Å². The standard InChI is InChI=1S/C31H40N4O6S2/c1-20-12-14-26(30-22(3)34-40-24(30)5)18-28(20)42(36,37)32-16-10-8-7-9-11-17-33-43(38,39)29-19-27(15-13-21(29)2)31-23(4)35-41-25(31)6/h12-15,18-19,32-33H,7-11,16-17H2,1-6H3. The van der Waals surface area contributed by atoms with Crippen molar-refractivity contribution in [2.24, 2.45) is 0 Å². The van der Waals surface area contributed by atoms with E-state index in [0.717, 1.165) is 41.5 Å². The maximum Gasteiger partial charge on any atom is 0.240 e. The summed E-state index contributed by atoms with van der Waals surface area (Å²) in [4.78, 5) is 0.481. The second kappa shape index (κ2) is 13.5. The second-order valence-electron chi connectivity index (χ2n) is 10.9. The first-order chi connectivity index (χ1) is 20.3. The lowest BCUT2D eigenvalue weighted by molar-refractivity contribution is 0.393. The minimum absolute atomic E-state index is 0.241. The number of unbranched alkanes of at least 4 members (excludes halogenated alkanes) is 4. The maximum atomic E-state index is 13.1. The molecule has 232 valence electrons. The minimum atomic E-state index is -3.69. The van der Waals surface area contributed by atoms with Gasteiger partial charge in [-0.05, 0) is 88.8 Å². The van der Waals surface area contributed by atoms with E-state index in [-0.39, 0.29) is 9.79 Å². The van der Waals surface area contributed by atoms with E-state index in [1.807, 2.05) is 26.0 Å². The fourth-order valence-electron chi connectivity index (χ4n) is 5.23. The van der Waals surface area contributed by atoms with E-state index in [4.69, 9.17) is 9.05 Å². The number of benzene rings is 2. The van der Waals surface area contributed by atoms with Crippen molar-refractivity contribution in [3.05, 3.63) is 70.4 Å². The molecule has 0 spiro atoms. The Labute approximate surface area is 254 Å². The predicted octanol–water partition coefficient (Wildman–Crippen LogP) is 6.05. The average Bonchev–Trinajstić information content (AvgIpc) is 3.47. The number of aryl methyl sites for hydroxylation is 6. The molecule has 0 aliphatic rings. The highest BCUT2D eigenvalue weighted by atomic mass is 32.2. The second-order valence-corrected chi connectivity index (χ2v) is 14.4. The molecule has 0 bridgehead atoms. The number of hydrogen-bond acceptors (Lipinski definition) is 8. The summed E-state index contributed by atoms with van der Waals surface area (Å²) in [6.45, 7) is 11.5. The van der Waals surface area contributed by atoms with Crippen LogP contribution in [0, 0.1) is 41.5 Å². The number of sulfonamides is 2. The third-order valence-electron chi connectivity index (χ3n) is 7.54. The number of rotatable bonds is 14. The van der Waals surface area contributed by atoms with Gasteiger partial charge in [0.05, 0.1) is 21.2 Å². The van der Waals surface area contributed by atoms with Crippen LogP contribution in [0.1, 0.15) is 66.1 Å². The van der Waals surface area contributed by atoms with Gasteiger partial charge < -0.3 is 9.05 Å². The Morgan fingerprint density at radius 2 is 0.953 bits per heavy atom. The fourth-order valence-corrected chi connectivity index (χ4v) is 7.91. The Morgan fingerprint density at radius 3 is 1.30 bits per heavy atom. The lowest BCUT2D eigenvalue weighted by Gasteiger charge is -2.12. The fraction of sp³-hybridized carbons (Fsp3) is 0.419. The van der Waals surface area contributed by atoms with Crippen molar-refractivity contribution in [2.75, 3.05) is 13.1 Å². The molecule has 2 aromatic heterocycles. The van der Waals surface area contributed by atoms with Crippen LogP contribution >= 0.6 is 0 Å². The highest BCUT2D eigenvalue weighted by molar-refractivity contribution is 7.89. The van der Waals surface area contributed by atoms with Crippen LogP contribution in [0.25, 0.3) is 22.3 Å². The van der Waals surface area contributed by atoms with E-state index in [1.165, 1.54) is 0 Å². The predicted molar refractivity (Wildman–Crippen MR) is 166 cm³/mol. The van der Waals surface area contributed by atoms with Crippen molar-refractivity contribution >= 4 is 20.0 Å². The van der Waals surface area contributed by atoms with Crippen LogP contribution in [0.3, 0.4) is 0 Å². The van der Waals surface area contributed by atoms with Crippen LogP contribution in [0.5, 0.6) is 0 Å². The molecule has 4 aromatic rings. The summed E-state index contributed by atoms with van der Waals surface area (Å²) in [5, 5.41) is 7.94. The third-order valence-corrected chi connectivity index (χ3v) is 10.7. The first kappa shape index (κ1) is 32.6. The molecular formula is C31H40N4O6S2. The lowest BCUT2D eigenvalue weighted by atomic mass is 10.0. The van der Waals surface area contributed by atoms with Crippen molar-refractivity contribution < 1.29 is 25.9 Å². The van der Waals surface area contributed by atoms with E-state index < -0.39 is 20.0 Å². The molecule has 0 aliphatic carbocycles. The molecule has 10 nitrogen and oxygen atoms in total. The molecule has 12 heteroatoms. The molecular weight excluding hydrogens is 588 g/mol. The van der Waals surface area contributed by atoms with E-state index in [0.29, 0.717) is 60.0 Å². The molecule has 0 unspecified atom stereocenters. The van der Waals surface area contributed by atoms with Crippen LogP contribution in [-0.2, 0) is 20.0 Å². The van der Waals surface area contributed by atoms with Gasteiger partial charge in [-0.3, -0.25) is 0 Å². The van der Waals surface area contributed by atoms with Gasteiger partial charge in [0, 0.05) is 24.2 Å². The van der Waals surface area contributed by atoms with Crippen LogP contribution in [0.4, 0.5) is 0 Å². The number of aromatic nitrogens is 2. The molecule has 0 radical (unpaired) electrons. The molecule has 2 aromatic carbocycles. The smallest absolute Gasteiger partial charge is 0.240 e. The normalized spacial score (nSPS) is 12.2. The molecule has 43 heavy (non-hydrogen) atoms. The first-order valence-corrected chi connectivity index (χ1v) is 17.4. The van der Waals surface area contributed by atoms with E-state index >= 15 is 0 Å². The van der Waals surface area contributed by atoms with E-state index in [9.17, 15) is 16.8 Å². The molecule has 0 fully saturated rings. The highest BCUT2D eigenvalue weighted by Crippen LogP contribution is 2.31. The Kier molecular flexibility index (Phi) is 10.3. The molecule has 4 rings (SSSR count). The number of nitrogens with one attached hydrogen (secondary N) is 2. The largest absolute Gasteiger partial charge is 0.361 e. The van der Waals surface area contributed by atoms with Gasteiger partial charge in [-0.25, -0.2) is 26.3 Å². The van der Waals surface area contributed by atoms with E-state index in [2.05, 4.69) is 19.8 Å². The van der Waals surface area contributed by atoms with Gasteiger partial charge >= 0.3 is 0 Å². The third kappa shape index (κ3) is 7.61. The minimum Gasteiger partial charge on any atom is -0.361 e. The van der Waals surface area contributed by atoms with Crippen LogP contribution < -0.4 is 9.44 Å². The van der Waals surface area contributed by atoms with Crippen LogP contribution in [0.2, 0.25) is 0 Å². The van der Waals surface area contributed by atoms with Crippen LogP contribution in [-0.4, -0.2) is 40.2 Å². The Bertz CT molecular complexity index is 1640. The molecule has 0 amide bonds. The average molecular weight is 629 g/mol. The van der Waals surface area contributed by atoms with Gasteiger partial charge in [0.2, 0.25) is 20.0 Å². The summed E-state index contributed by atoms with van der Waals surface area (Å²) in [5.74, 6) is 1.28. The first-order valence-electron chi connectivity index (χ1n) is 14.4. The van der Waals surface area contributed by atoms with E-state index in [1.54, 1.807) is 52.0 Å². The summed E-state index contributed by atoms with van der Waals surface area (Å²) in [5.41, 5.74) is 5.86. The Morgan fingerprint density at radius 1 is 0.581 bits per heavy atom. The Hall–Kier alpha value is -3.32. The van der Waals surface area contributed by atoms with Crippen molar-refractivity contribution in [1.29, 1.82) is 0 Å². The van der Waals surface area contributed by atoms with Gasteiger partial charge in [0.1, 0.15) is 11.5 Å². The van der Waals surface area contributed by atoms with Gasteiger partial charge in [0.15, 0.2) is 0 Å². The zero-order valence-corrected chi connectivity index (χ0v) is 27.2. The van der Waals surface area contributed by atoms with Gasteiger partial charge in [0.25, 0.3) is 0 Å². The highest BCUT2D eigenvalue weighted by Gasteiger charge is 2.21. The summed E-state index contributed by atoms with van der Waals surface area (Å²) in [6, 6.07) is 10.7. The quantitative estimate of drug-likeness (QED) is 0.161. The zero-order chi connectivity index (χ0) is 31.4. The van der Waals surface area contributed by atoms with Crippen molar-refractivity contribution in [2.45, 2.75) is 83.4 Å². The van der Waals surface area contributed by atoms with Gasteiger partial charge in [-0.2, -0.15) is 0 Å². The zero-order valence-electron chi connectivity index (χ0n) is 25.6. The van der Waals surface area contributed by atoms with Gasteiger partial charge in [-0.15, -0.1) is 0 Å². The lowest BCUT2D eigenvalue weighted by Crippen LogP contribution is -2.26. The van der Waals surface area contributed by atoms with Gasteiger partial charge in [-0.1, -0.05) is 53.8 Å². The molecule has 0 aliphatic heterocycles. The number of hydrogen-bond donors (Lipinski definition) is 2. The topological polar surface area (TPSA) is 144 Å². The molecule has 0 saturated heterocycles.